The van der Waals surface area contributed by atoms with Gasteiger partial charge in [-0.15, -0.1) is 0 Å². The van der Waals surface area contributed by atoms with Gasteiger partial charge in [-0.3, -0.25) is 14.9 Å². The molecule has 2 aromatic rings. The summed E-state index contributed by atoms with van der Waals surface area (Å²) >= 11 is 0. The van der Waals surface area contributed by atoms with Crippen molar-refractivity contribution in [1.82, 2.24) is 4.57 Å². The summed E-state index contributed by atoms with van der Waals surface area (Å²) in [6, 6.07) is 12.0. The van der Waals surface area contributed by atoms with Gasteiger partial charge >= 0.3 is 0 Å². The lowest BCUT2D eigenvalue weighted by molar-refractivity contribution is -0.385. The van der Waals surface area contributed by atoms with Crippen molar-refractivity contribution in [3.05, 3.63) is 80.8 Å². The molecule has 1 aromatic carbocycles. The van der Waals surface area contributed by atoms with Gasteiger partial charge in [0.05, 0.1) is 11.1 Å². The second-order valence-corrected chi connectivity index (χ2v) is 3.95. The van der Waals surface area contributed by atoms with Crippen molar-refractivity contribution in [2.75, 3.05) is 0 Å². The number of rotatable bonds is 4. The van der Waals surface area contributed by atoms with Crippen molar-refractivity contribution in [2.45, 2.75) is 6.54 Å². The van der Waals surface area contributed by atoms with E-state index in [1.165, 1.54) is 22.9 Å². The molecule has 0 bridgehead atoms. The van der Waals surface area contributed by atoms with Crippen molar-refractivity contribution in [1.29, 1.82) is 0 Å². The number of aromatic nitrogens is 1. The molecule has 0 N–H and O–H groups in total. The SMILES string of the molecule is O=c1ccc([N+](=O)[O-])cn1C/C=C/c1ccccc1. The molecule has 0 aliphatic carbocycles. The molecular weight excluding hydrogens is 244 g/mol. The Morgan fingerprint density at radius 2 is 1.89 bits per heavy atom. The zero-order valence-corrected chi connectivity index (χ0v) is 10.1. The molecule has 1 heterocycles. The van der Waals surface area contributed by atoms with E-state index in [0.29, 0.717) is 6.54 Å². The van der Waals surface area contributed by atoms with Crippen molar-refractivity contribution in [3.63, 3.8) is 0 Å². The van der Waals surface area contributed by atoms with E-state index in [4.69, 9.17) is 0 Å². The van der Waals surface area contributed by atoms with Gasteiger partial charge in [0, 0.05) is 18.7 Å². The Bertz CT molecular complexity index is 660. The van der Waals surface area contributed by atoms with E-state index in [9.17, 15) is 14.9 Å². The summed E-state index contributed by atoms with van der Waals surface area (Å²) in [7, 11) is 0. The highest BCUT2D eigenvalue weighted by Gasteiger charge is 2.06. The molecule has 1 aromatic heterocycles. The Kier molecular flexibility index (Phi) is 3.87. The normalized spacial score (nSPS) is 10.7. The van der Waals surface area contributed by atoms with Gasteiger partial charge in [0.25, 0.3) is 11.2 Å². The third kappa shape index (κ3) is 3.38. The zero-order chi connectivity index (χ0) is 13.7. The zero-order valence-electron chi connectivity index (χ0n) is 10.1. The van der Waals surface area contributed by atoms with Gasteiger partial charge < -0.3 is 4.57 Å². The van der Waals surface area contributed by atoms with Gasteiger partial charge in [-0.05, 0) is 5.56 Å². The van der Waals surface area contributed by atoms with Crippen molar-refractivity contribution in [3.8, 4) is 0 Å². The summed E-state index contributed by atoms with van der Waals surface area (Å²) in [5, 5.41) is 10.6. The van der Waals surface area contributed by atoms with E-state index in [-0.39, 0.29) is 11.2 Å². The van der Waals surface area contributed by atoms with Gasteiger partial charge in [0.1, 0.15) is 0 Å². The van der Waals surface area contributed by atoms with Crippen LogP contribution in [0.4, 0.5) is 5.69 Å². The number of hydrogen-bond acceptors (Lipinski definition) is 3. The summed E-state index contributed by atoms with van der Waals surface area (Å²) < 4.78 is 1.30. The highest BCUT2D eigenvalue weighted by molar-refractivity contribution is 5.48. The maximum Gasteiger partial charge on any atom is 0.285 e. The average Bonchev–Trinajstić information content (AvgIpc) is 2.42. The first-order valence-corrected chi connectivity index (χ1v) is 5.73. The van der Waals surface area contributed by atoms with Gasteiger partial charge in [0.2, 0.25) is 0 Å². The first-order chi connectivity index (χ1) is 9.16. The van der Waals surface area contributed by atoms with Crippen LogP contribution in [-0.4, -0.2) is 9.49 Å². The predicted octanol–water partition coefficient (Wildman–Crippen LogP) is 2.47. The standard InChI is InChI=1S/C14H12N2O3/c17-14-9-8-13(16(18)19)11-15(14)10-4-7-12-5-2-1-3-6-12/h1-9,11H,10H2/b7-4+. The van der Waals surface area contributed by atoms with Gasteiger partial charge in [0.15, 0.2) is 0 Å². The van der Waals surface area contributed by atoms with Crippen molar-refractivity contribution >= 4 is 11.8 Å². The number of pyridine rings is 1. The Morgan fingerprint density at radius 1 is 1.16 bits per heavy atom. The molecular formula is C14H12N2O3. The molecule has 0 saturated heterocycles. The van der Waals surface area contributed by atoms with Crippen molar-refractivity contribution < 1.29 is 4.92 Å². The van der Waals surface area contributed by atoms with Crippen LogP contribution in [-0.2, 0) is 6.54 Å². The minimum absolute atomic E-state index is 0.0901. The summed E-state index contributed by atoms with van der Waals surface area (Å²) in [5.74, 6) is 0. The third-order valence-electron chi connectivity index (χ3n) is 2.59. The smallest absolute Gasteiger partial charge is 0.285 e. The molecule has 0 spiro atoms. The molecule has 0 radical (unpaired) electrons. The van der Waals surface area contributed by atoms with Crippen LogP contribution in [0.1, 0.15) is 5.56 Å². The monoisotopic (exact) mass is 256 g/mol. The lowest BCUT2D eigenvalue weighted by atomic mass is 10.2. The second kappa shape index (κ2) is 5.77. The summed E-state index contributed by atoms with van der Waals surface area (Å²) in [6.45, 7) is 0.301. The van der Waals surface area contributed by atoms with Crippen LogP contribution in [0.5, 0.6) is 0 Å². The predicted molar refractivity (Wildman–Crippen MR) is 72.8 cm³/mol. The molecule has 96 valence electrons. The number of allylic oxidation sites excluding steroid dienone is 1. The number of benzene rings is 1. The van der Waals surface area contributed by atoms with Crippen LogP contribution < -0.4 is 5.56 Å². The minimum atomic E-state index is -0.517. The molecule has 0 unspecified atom stereocenters. The Balaban J connectivity index is 2.15. The maximum atomic E-state index is 11.5. The first-order valence-electron chi connectivity index (χ1n) is 5.73. The topological polar surface area (TPSA) is 65.1 Å². The molecule has 0 atom stereocenters. The molecule has 0 amide bonds. The van der Waals surface area contributed by atoms with Gasteiger partial charge in [-0.1, -0.05) is 42.5 Å². The fourth-order valence-electron chi connectivity index (χ4n) is 1.64. The first kappa shape index (κ1) is 12.8. The largest absolute Gasteiger partial charge is 0.305 e. The minimum Gasteiger partial charge on any atom is -0.305 e. The summed E-state index contributed by atoms with van der Waals surface area (Å²) in [5.41, 5.74) is 0.664. The van der Waals surface area contributed by atoms with E-state index in [2.05, 4.69) is 0 Å². The molecule has 5 nitrogen and oxygen atoms in total. The van der Waals surface area contributed by atoms with Crippen molar-refractivity contribution in [2.24, 2.45) is 0 Å². The molecule has 5 heteroatoms. The molecule has 0 saturated carbocycles. The van der Waals surface area contributed by atoms with E-state index >= 15 is 0 Å². The molecule has 0 aliphatic heterocycles. The van der Waals surface area contributed by atoms with Crippen LogP contribution in [0.25, 0.3) is 6.08 Å². The average molecular weight is 256 g/mol. The van der Waals surface area contributed by atoms with E-state index in [0.717, 1.165) is 5.56 Å². The Labute approximate surface area is 109 Å². The van der Waals surface area contributed by atoms with Crippen LogP contribution >= 0.6 is 0 Å². The highest BCUT2D eigenvalue weighted by atomic mass is 16.6. The third-order valence-corrected chi connectivity index (χ3v) is 2.59. The molecule has 2 rings (SSSR count). The summed E-state index contributed by atoms with van der Waals surface area (Å²) in [6.07, 6.45) is 4.91. The lowest BCUT2D eigenvalue weighted by Crippen LogP contribution is -2.17. The number of hydrogen-bond donors (Lipinski definition) is 0. The molecule has 0 aliphatic rings. The second-order valence-electron chi connectivity index (χ2n) is 3.95. The van der Waals surface area contributed by atoms with Crippen LogP contribution in [0.3, 0.4) is 0 Å². The van der Waals surface area contributed by atoms with Crippen LogP contribution in [0.2, 0.25) is 0 Å². The molecule has 19 heavy (non-hydrogen) atoms. The molecule has 0 fully saturated rings. The Hall–Kier alpha value is -2.69. The van der Waals surface area contributed by atoms with E-state index < -0.39 is 4.92 Å². The Morgan fingerprint density at radius 3 is 2.58 bits per heavy atom. The fourth-order valence-corrected chi connectivity index (χ4v) is 1.64. The van der Waals surface area contributed by atoms with Gasteiger partial charge in [-0.25, -0.2) is 0 Å². The number of nitrogens with zero attached hydrogens (tertiary/aromatic N) is 2. The van der Waals surface area contributed by atoms with Gasteiger partial charge in [-0.2, -0.15) is 0 Å². The van der Waals surface area contributed by atoms with Crippen LogP contribution in [0, 0.1) is 10.1 Å². The van der Waals surface area contributed by atoms with E-state index in [1.54, 1.807) is 6.08 Å². The number of nitro groups is 1. The van der Waals surface area contributed by atoms with Crippen LogP contribution in [0.15, 0.2) is 59.5 Å². The highest BCUT2D eigenvalue weighted by Crippen LogP contribution is 2.07. The van der Waals surface area contributed by atoms with E-state index in [1.807, 2.05) is 36.4 Å². The lowest BCUT2D eigenvalue weighted by Gasteiger charge is -2.00. The fraction of sp³-hybridized carbons (Fsp3) is 0.0714. The quantitative estimate of drug-likeness (QED) is 0.623. The maximum absolute atomic E-state index is 11.5. The summed E-state index contributed by atoms with van der Waals surface area (Å²) in [4.78, 5) is 21.7.